The van der Waals surface area contributed by atoms with Crippen molar-refractivity contribution in [3.8, 4) is 0 Å². The Bertz CT molecular complexity index is 487. The molecule has 0 saturated heterocycles. The number of benzene rings is 1. The summed E-state index contributed by atoms with van der Waals surface area (Å²) in [6.07, 6.45) is 0. The standard InChI is InChI=1S/C12H12BrNO3/c1-3-17-12(16)10-8-5-4-7(13)6-9(8)14(2)11(10)15/h4-6,10H,3H2,1-2H3. The molecule has 0 radical (unpaired) electrons. The predicted octanol–water partition coefficient (Wildman–Crippen LogP) is 2.07. The Morgan fingerprint density at radius 1 is 1.53 bits per heavy atom. The number of likely N-dealkylation sites (N-methyl/N-ethyl adjacent to an activating group) is 1. The van der Waals surface area contributed by atoms with Crippen molar-refractivity contribution in [3.05, 3.63) is 28.2 Å². The molecule has 1 atom stereocenters. The van der Waals surface area contributed by atoms with Crippen molar-refractivity contribution >= 4 is 33.5 Å². The molecule has 1 unspecified atom stereocenters. The molecule has 4 nitrogen and oxygen atoms in total. The first-order chi connectivity index (χ1) is 8.06. The largest absolute Gasteiger partial charge is 0.465 e. The van der Waals surface area contributed by atoms with Crippen molar-refractivity contribution in [2.45, 2.75) is 12.8 Å². The van der Waals surface area contributed by atoms with Gasteiger partial charge in [-0.15, -0.1) is 0 Å². The van der Waals surface area contributed by atoms with Crippen molar-refractivity contribution < 1.29 is 14.3 Å². The predicted molar refractivity (Wildman–Crippen MR) is 66.9 cm³/mol. The first-order valence-electron chi connectivity index (χ1n) is 5.30. The third-order valence-corrected chi connectivity index (χ3v) is 3.26. The summed E-state index contributed by atoms with van der Waals surface area (Å²) in [7, 11) is 1.66. The molecule has 0 fully saturated rings. The molecule has 17 heavy (non-hydrogen) atoms. The van der Waals surface area contributed by atoms with Crippen molar-refractivity contribution in [2.24, 2.45) is 0 Å². The normalized spacial score (nSPS) is 18.2. The van der Waals surface area contributed by atoms with Gasteiger partial charge in [-0.1, -0.05) is 22.0 Å². The van der Waals surface area contributed by atoms with E-state index >= 15 is 0 Å². The maximum Gasteiger partial charge on any atom is 0.323 e. The Kier molecular flexibility index (Phi) is 3.19. The van der Waals surface area contributed by atoms with Gasteiger partial charge < -0.3 is 9.64 Å². The number of rotatable bonds is 2. The number of carbonyl (C=O) groups excluding carboxylic acids is 2. The summed E-state index contributed by atoms with van der Waals surface area (Å²) in [5, 5.41) is 0. The Hall–Kier alpha value is -1.36. The van der Waals surface area contributed by atoms with E-state index in [1.165, 1.54) is 4.90 Å². The van der Waals surface area contributed by atoms with Gasteiger partial charge in [-0.3, -0.25) is 9.59 Å². The van der Waals surface area contributed by atoms with Crippen LogP contribution in [0.3, 0.4) is 0 Å². The minimum absolute atomic E-state index is 0.239. The lowest BCUT2D eigenvalue weighted by Crippen LogP contribution is -2.29. The highest BCUT2D eigenvalue weighted by molar-refractivity contribution is 9.10. The van der Waals surface area contributed by atoms with E-state index in [0.29, 0.717) is 5.56 Å². The average molecular weight is 298 g/mol. The fraction of sp³-hybridized carbons (Fsp3) is 0.333. The van der Waals surface area contributed by atoms with Gasteiger partial charge in [0.05, 0.1) is 6.61 Å². The zero-order valence-corrected chi connectivity index (χ0v) is 11.2. The van der Waals surface area contributed by atoms with Gasteiger partial charge >= 0.3 is 5.97 Å². The molecule has 0 bridgehead atoms. The molecular formula is C12H12BrNO3. The van der Waals surface area contributed by atoms with E-state index in [0.717, 1.165) is 10.2 Å². The van der Waals surface area contributed by atoms with E-state index in [1.807, 2.05) is 12.1 Å². The van der Waals surface area contributed by atoms with E-state index in [2.05, 4.69) is 15.9 Å². The SMILES string of the molecule is CCOC(=O)C1C(=O)N(C)c2cc(Br)ccc21. The molecule has 1 aromatic carbocycles. The summed E-state index contributed by atoms with van der Waals surface area (Å²) in [6, 6.07) is 5.42. The van der Waals surface area contributed by atoms with Crippen LogP contribution in [0.25, 0.3) is 0 Å². The van der Waals surface area contributed by atoms with Gasteiger partial charge in [0.2, 0.25) is 5.91 Å². The average Bonchev–Trinajstić information content (AvgIpc) is 2.53. The molecule has 5 heteroatoms. The van der Waals surface area contributed by atoms with Crippen molar-refractivity contribution in [3.63, 3.8) is 0 Å². The summed E-state index contributed by atoms with van der Waals surface area (Å²) in [6.45, 7) is 2.00. The van der Waals surface area contributed by atoms with Gasteiger partial charge in [0.15, 0.2) is 5.92 Å². The van der Waals surface area contributed by atoms with E-state index in [9.17, 15) is 9.59 Å². The fourth-order valence-corrected chi connectivity index (χ4v) is 2.30. The second-order valence-electron chi connectivity index (χ2n) is 3.79. The Morgan fingerprint density at radius 3 is 2.88 bits per heavy atom. The Balaban J connectivity index is 2.44. The van der Waals surface area contributed by atoms with Crippen molar-refractivity contribution in [2.75, 3.05) is 18.6 Å². The number of halogens is 1. The maximum atomic E-state index is 12.0. The minimum Gasteiger partial charge on any atom is -0.465 e. The lowest BCUT2D eigenvalue weighted by molar-refractivity contribution is -0.147. The molecule has 0 saturated carbocycles. The number of carbonyl (C=O) groups is 2. The summed E-state index contributed by atoms with van der Waals surface area (Å²) in [4.78, 5) is 25.3. The topological polar surface area (TPSA) is 46.6 Å². The smallest absolute Gasteiger partial charge is 0.323 e. The molecule has 0 aliphatic carbocycles. The number of esters is 1. The highest BCUT2D eigenvalue weighted by Crippen LogP contribution is 2.38. The van der Waals surface area contributed by atoms with Crippen LogP contribution in [-0.4, -0.2) is 25.5 Å². The summed E-state index contributed by atoms with van der Waals surface area (Å²) in [5.74, 6) is -1.54. The van der Waals surface area contributed by atoms with Gasteiger partial charge in [-0.05, 0) is 24.6 Å². The zero-order valence-electron chi connectivity index (χ0n) is 9.57. The monoisotopic (exact) mass is 297 g/mol. The van der Waals surface area contributed by atoms with E-state index in [-0.39, 0.29) is 12.5 Å². The Labute approximate surface area is 108 Å². The second kappa shape index (κ2) is 4.49. The number of fused-ring (bicyclic) bond motifs is 1. The van der Waals surface area contributed by atoms with Gasteiger partial charge in [0, 0.05) is 17.2 Å². The van der Waals surface area contributed by atoms with Crippen LogP contribution in [-0.2, 0) is 14.3 Å². The first kappa shape index (κ1) is 12.1. The van der Waals surface area contributed by atoms with Crippen molar-refractivity contribution in [1.82, 2.24) is 0 Å². The maximum absolute atomic E-state index is 12.0. The molecule has 1 aliphatic rings. The van der Waals surface area contributed by atoms with Gasteiger partial charge in [-0.25, -0.2) is 0 Å². The zero-order chi connectivity index (χ0) is 12.6. The lowest BCUT2D eigenvalue weighted by Gasteiger charge is -2.10. The number of anilines is 1. The fourth-order valence-electron chi connectivity index (χ4n) is 1.95. The third kappa shape index (κ3) is 1.95. The van der Waals surface area contributed by atoms with Crippen LogP contribution in [0.5, 0.6) is 0 Å². The summed E-state index contributed by atoms with van der Waals surface area (Å²) < 4.78 is 5.81. The molecule has 1 aromatic rings. The van der Waals surface area contributed by atoms with Gasteiger partial charge in [0.25, 0.3) is 0 Å². The van der Waals surface area contributed by atoms with Gasteiger partial charge in [0.1, 0.15) is 0 Å². The van der Waals surface area contributed by atoms with E-state index in [4.69, 9.17) is 4.74 Å². The molecule has 1 heterocycles. The van der Waals surface area contributed by atoms with Crippen LogP contribution in [0.15, 0.2) is 22.7 Å². The number of ether oxygens (including phenoxy) is 1. The van der Waals surface area contributed by atoms with E-state index in [1.54, 1.807) is 20.0 Å². The number of amides is 1. The quantitative estimate of drug-likeness (QED) is 0.620. The number of hydrogen-bond donors (Lipinski definition) is 0. The molecule has 0 N–H and O–H groups in total. The van der Waals surface area contributed by atoms with Crippen LogP contribution >= 0.6 is 15.9 Å². The lowest BCUT2D eigenvalue weighted by atomic mass is 10.0. The molecule has 90 valence electrons. The molecule has 1 amide bonds. The number of hydrogen-bond acceptors (Lipinski definition) is 3. The minimum atomic E-state index is -0.817. The highest BCUT2D eigenvalue weighted by atomic mass is 79.9. The summed E-state index contributed by atoms with van der Waals surface area (Å²) >= 11 is 3.35. The van der Waals surface area contributed by atoms with Crippen LogP contribution < -0.4 is 4.90 Å². The van der Waals surface area contributed by atoms with Gasteiger partial charge in [-0.2, -0.15) is 0 Å². The van der Waals surface area contributed by atoms with Crippen molar-refractivity contribution in [1.29, 1.82) is 0 Å². The number of nitrogens with zero attached hydrogens (tertiary/aromatic N) is 1. The summed E-state index contributed by atoms with van der Waals surface area (Å²) in [5.41, 5.74) is 1.46. The van der Waals surface area contributed by atoms with Crippen LogP contribution in [0.1, 0.15) is 18.4 Å². The molecular weight excluding hydrogens is 286 g/mol. The molecule has 2 rings (SSSR count). The Morgan fingerprint density at radius 2 is 2.24 bits per heavy atom. The van der Waals surface area contributed by atoms with Crippen LogP contribution in [0, 0.1) is 0 Å². The van der Waals surface area contributed by atoms with E-state index < -0.39 is 11.9 Å². The molecule has 0 spiro atoms. The first-order valence-corrected chi connectivity index (χ1v) is 6.09. The second-order valence-corrected chi connectivity index (χ2v) is 4.70. The third-order valence-electron chi connectivity index (χ3n) is 2.76. The molecule has 1 aliphatic heterocycles. The molecule has 0 aromatic heterocycles. The highest BCUT2D eigenvalue weighted by Gasteiger charge is 2.41. The van der Waals surface area contributed by atoms with Crippen LogP contribution in [0.2, 0.25) is 0 Å². The van der Waals surface area contributed by atoms with Crippen LogP contribution in [0.4, 0.5) is 5.69 Å².